The zero-order valence-corrected chi connectivity index (χ0v) is 12.1. The van der Waals surface area contributed by atoms with Crippen molar-refractivity contribution in [1.82, 2.24) is 5.32 Å². The third-order valence-corrected chi connectivity index (χ3v) is 3.41. The number of benzene rings is 2. The summed E-state index contributed by atoms with van der Waals surface area (Å²) in [5.74, 6) is -0.675. The molecule has 20 heavy (non-hydrogen) atoms. The quantitative estimate of drug-likeness (QED) is 0.867. The molecule has 0 aliphatic rings. The third kappa shape index (κ3) is 3.35. The highest BCUT2D eigenvalue weighted by Gasteiger charge is 2.17. The molecule has 0 saturated carbocycles. The summed E-state index contributed by atoms with van der Waals surface area (Å²) in [6.45, 7) is 4.48. The smallest absolute Gasteiger partial charge is 0.124 e. The second-order valence-electron chi connectivity index (χ2n) is 4.72. The van der Waals surface area contributed by atoms with Gasteiger partial charge in [-0.1, -0.05) is 30.7 Å². The Morgan fingerprint density at radius 2 is 1.85 bits per heavy atom. The maximum atomic E-state index is 13.6. The lowest BCUT2D eigenvalue weighted by molar-refractivity contribution is 0.598. The van der Waals surface area contributed by atoms with Crippen molar-refractivity contribution < 1.29 is 8.78 Å². The Bertz CT molecular complexity index is 593. The molecule has 0 aliphatic carbocycles. The van der Waals surface area contributed by atoms with Gasteiger partial charge in [0.25, 0.3) is 0 Å². The van der Waals surface area contributed by atoms with E-state index < -0.39 is 0 Å². The maximum Gasteiger partial charge on any atom is 0.124 e. The van der Waals surface area contributed by atoms with Crippen LogP contribution in [0.3, 0.4) is 0 Å². The van der Waals surface area contributed by atoms with Crippen molar-refractivity contribution in [3.8, 4) is 0 Å². The first-order chi connectivity index (χ1) is 9.51. The van der Waals surface area contributed by atoms with Crippen LogP contribution in [0.4, 0.5) is 8.78 Å². The van der Waals surface area contributed by atoms with Gasteiger partial charge in [-0.2, -0.15) is 0 Å². The highest BCUT2D eigenvalue weighted by Crippen LogP contribution is 2.29. The average molecular weight is 296 g/mol. The fraction of sp³-hybridized carbons (Fsp3) is 0.250. The molecule has 0 aromatic heterocycles. The topological polar surface area (TPSA) is 12.0 Å². The van der Waals surface area contributed by atoms with Crippen LogP contribution in [0.15, 0.2) is 36.4 Å². The largest absolute Gasteiger partial charge is 0.306 e. The van der Waals surface area contributed by atoms with Gasteiger partial charge >= 0.3 is 0 Å². The molecule has 2 aromatic rings. The second kappa shape index (κ2) is 6.33. The standard InChI is InChI=1S/C16H16ClF2N/c1-3-20-16(11-6-10(2)7-13(19)8-11)14-5-4-12(18)9-15(14)17/h4-9,16,20H,3H2,1-2H3. The van der Waals surface area contributed by atoms with Crippen LogP contribution in [-0.4, -0.2) is 6.54 Å². The van der Waals surface area contributed by atoms with Crippen LogP contribution in [0.5, 0.6) is 0 Å². The van der Waals surface area contributed by atoms with Crippen molar-refractivity contribution in [1.29, 1.82) is 0 Å². The number of rotatable bonds is 4. The summed E-state index contributed by atoms with van der Waals surface area (Å²) in [5, 5.41) is 3.59. The van der Waals surface area contributed by atoms with Gasteiger partial charge in [0.1, 0.15) is 11.6 Å². The van der Waals surface area contributed by atoms with E-state index in [2.05, 4.69) is 5.32 Å². The first-order valence-corrected chi connectivity index (χ1v) is 6.84. The molecule has 4 heteroatoms. The number of nitrogens with one attached hydrogen (secondary N) is 1. The van der Waals surface area contributed by atoms with Gasteiger partial charge in [0.15, 0.2) is 0 Å². The number of halogens is 3. The molecular weight excluding hydrogens is 280 g/mol. The fourth-order valence-electron chi connectivity index (χ4n) is 2.28. The molecule has 0 saturated heterocycles. The molecule has 0 bridgehead atoms. The summed E-state index contributed by atoms with van der Waals surface area (Å²) in [4.78, 5) is 0. The zero-order chi connectivity index (χ0) is 14.7. The SMILES string of the molecule is CCNC(c1cc(C)cc(F)c1)c1ccc(F)cc1Cl. The molecule has 2 rings (SSSR count). The lowest BCUT2D eigenvalue weighted by Crippen LogP contribution is -2.22. The summed E-state index contributed by atoms with van der Waals surface area (Å²) in [7, 11) is 0. The Balaban J connectivity index is 2.49. The molecule has 106 valence electrons. The Hall–Kier alpha value is -1.45. The molecular formula is C16H16ClF2N. The van der Waals surface area contributed by atoms with Crippen LogP contribution in [0.25, 0.3) is 0 Å². The van der Waals surface area contributed by atoms with Crippen molar-refractivity contribution in [2.45, 2.75) is 19.9 Å². The average Bonchev–Trinajstić information content (AvgIpc) is 2.35. The number of aryl methyl sites for hydroxylation is 1. The highest BCUT2D eigenvalue weighted by atomic mass is 35.5. The summed E-state index contributed by atoms with van der Waals surface area (Å²) in [5.41, 5.74) is 2.35. The van der Waals surface area contributed by atoms with Gasteiger partial charge < -0.3 is 5.32 Å². The van der Waals surface area contributed by atoms with Gasteiger partial charge in [0, 0.05) is 5.02 Å². The molecule has 1 N–H and O–H groups in total. The Kier molecular flexibility index (Phi) is 4.73. The minimum absolute atomic E-state index is 0.262. The Morgan fingerprint density at radius 1 is 1.10 bits per heavy atom. The predicted molar refractivity (Wildman–Crippen MR) is 78.1 cm³/mol. The van der Waals surface area contributed by atoms with Crippen LogP contribution in [0, 0.1) is 18.6 Å². The summed E-state index contributed by atoms with van der Waals surface area (Å²) < 4.78 is 26.8. The maximum absolute atomic E-state index is 13.6. The van der Waals surface area contributed by atoms with E-state index in [1.54, 1.807) is 6.07 Å². The van der Waals surface area contributed by atoms with Crippen molar-refractivity contribution >= 4 is 11.6 Å². The summed E-state index contributed by atoms with van der Waals surface area (Å²) in [6.07, 6.45) is 0. The lowest BCUT2D eigenvalue weighted by atomic mass is 9.97. The van der Waals surface area contributed by atoms with E-state index in [4.69, 9.17) is 11.6 Å². The molecule has 0 amide bonds. The van der Waals surface area contributed by atoms with Crippen LogP contribution in [0.2, 0.25) is 5.02 Å². The Labute approximate surface area is 122 Å². The minimum atomic E-state index is -0.385. The molecule has 1 atom stereocenters. The molecule has 0 radical (unpaired) electrons. The minimum Gasteiger partial charge on any atom is -0.306 e. The van der Waals surface area contributed by atoms with E-state index in [9.17, 15) is 8.78 Å². The van der Waals surface area contributed by atoms with Gasteiger partial charge in [-0.05, 0) is 54.4 Å². The predicted octanol–water partition coefficient (Wildman–Crippen LogP) is 4.63. The van der Waals surface area contributed by atoms with Crippen molar-refractivity contribution in [2.75, 3.05) is 6.54 Å². The third-order valence-electron chi connectivity index (χ3n) is 3.08. The molecule has 2 aromatic carbocycles. The van der Waals surface area contributed by atoms with Gasteiger partial charge in [-0.3, -0.25) is 0 Å². The Morgan fingerprint density at radius 3 is 2.45 bits per heavy atom. The van der Waals surface area contributed by atoms with E-state index in [0.29, 0.717) is 11.6 Å². The number of hydrogen-bond donors (Lipinski definition) is 1. The van der Waals surface area contributed by atoms with E-state index in [0.717, 1.165) is 16.7 Å². The summed E-state index contributed by atoms with van der Waals surface area (Å²) in [6, 6.07) is 8.84. The number of hydrogen-bond acceptors (Lipinski definition) is 1. The van der Waals surface area contributed by atoms with Crippen molar-refractivity contribution in [3.63, 3.8) is 0 Å². The van der Waals surface area contributed by atoms with Crippen LogP contribution in [-0.2, 0) is 0 Å². The first-order valence-electron chi connectivity index (χ1n) is 6.46. The molecule has 1 unspecified atom stereocenters. The lowest BCUT2D eigenvalue weighted by Gasteiger charge is -2.21. The monoisotopic (exact) mass is 295 g/mol. The summed E-state index contributed by atoms with van der Waals surface area (Å²) >= 11 is 6.12. The van der Waals surface area contributed by atoms with E-state index in [1.165, 1.54) is 24.3 Å². The highest BCUT2D eigenvalue weighted by molar-refractivity contribution is 6.31. The normalized spacial score (nSPS) is 12.4. The van der Waals surface area contributed by atoms with Gasteiger partial charge in [0.05, 0.1) is 6.04 Å². The molecule has 0 spiro atoms. The molecule has 1 nitrogen and oxygen atoms in total. The van der Waals surface area contributed by atoms with Crippen LogP contribution < -0.4 is 5.32 Å². The van der Waals surface area contributed by atoms with Gasteiger partial charge in [-0.25, -0.2) is 8.78 Å². The molecule has 0 fully saturated rings. The van der Waals surface area contributed by atoms with E-state index >= 15 is 0 Å². The fourth-order valence-corrected chi connectivity index (χ4v) is 2.55. The van der Waals surface area contributed by atoms with E-state index in [1.807, 2.05) is 19.9 Å². The van der Waals surface area contributed by atoms with Crippen LogP contribution in [0.1, 0.15) is 29.7 Å². The first kappa shape index (κ1) is 14.9. The van der Waals surface area contributed by atoms with Crippen molar-refractivity contribution in [2.24, 2.45) is 0 Å². The van der Waals surface area contributed by atoms with Gasteiger partial charge in [-0.15, -0.1) is 0 Å². The van der Waals surface area contributed by atoms with Crippen LogP contribution >= 0.6 is 11.6 Å². The van der Waals surface area contributed by atoms with E-state index in [-0.39, 0.29) is 17.7 Å². The van der Waals surface area contributed by atoms with Gasteiger partial charge in [0.2, 0.25) is 0 Å². The molecule has 0 heterocycles. The second-order valence-corrected chi connectivity index (χ2v) is 5.13. The van der Waals surface area contributed by atoms with Crippen molar-refractivity contribution in [3.05, 3.63) is 69.7 Å². The zero-order valence-electron chi connectivity index (χ0n) is 11.4. The molecule has 0 aliphatic heterocycles.